The van der Waals surface area contributed by atoms with Gasteiger partial charge in [0.2, 0.25) is 0 Å². The third-order valence-electron chi connectivity index (χ3n) is 2.86. The van der Waals surface area contributed by atoms with E-state index in [-0.39, 0.29) is 12.1 Å². The van der Waals surface area contributed by atoms with Gasteiger partial charge in [-0.1, -0.05) is 12.1 Å². The highest BCUT2D eigenvalue weighted by Gasteiger charge is 2.16. The van der Waals surface area contributed by atoms with E-state index in [0.29, 0.717) is 12.4 Å². The molecular formula is C14H18N4OS. The minimum Gasteiger partial charge on any atom is -0.336 e. The molecule has 20 heavy (non-hydrogen) atoms. The molecule has 2 heterocycles. The van der Waals surface area contributed by atoms with Crippen LogP contribution in [0, 0.1) is 0 Å². The number of carbonyl (C=O) groups excluding carboxylic acids is 1. The van der Waals surface area contributed by atoms with Gasteiger partial charge in [-0.25, -0.2) is 9.78 Å². The van der Waals surface area contributed by atoms with E-state index in [4.69, 9.17) is 0 Å². The molecule has 2 amide bonds. The fraction of sp³-hybridized carbons (Fsp3) is 0.286. The van der Waals surface area contributed by atoms with Crippen LogP contribution in [0.4, 0.5) is 10.6 Å². The fourth-order valence-electron chi connectivity index (χ4n) is 1.81. The summed E-state index contributed by atoms with van der Waals surface area (Å²) >= 11 is 1.69. The molecule has 0 fully saturated rings. The van der Waals surface area contributed by atoms with Gasteiger partial charge in [0.15, 0.2) is 0 Å². The van der Waals surface area contributed by atoms with Crippen LogP contribution in [0.3, 0.4) is 0 Å². The van der Waals surface area contributed by atoms with Crippen LogP contribution in [0.25, 0.3) is 0 Å². The molecule has 0 bridgehead atoms. The molecule has 106 valence electrons. The van der Waals surface area contributed by atoms with Gasteiger partial charge in [-0.2, -0.15) is 0 Å². The SMILES string of the molecule is CN(C)[C@@H](CNC(=O)Nc1ccccn1)c1cccs1. The number of nitrogens with zero attached hydrogens (tertiary/aromatic N) is 2. The van der Waals surface area contributed by atoms with Crippen LogP contribution in [0.5, 0.6) is 0 Å². The van der Waals surface area contributed by atoms with Crippen LogP contribution in [0.1, 0.15) is 10.9 Å². The molecule has 0 spiro atoms. The number of aromatic nitrogens is 1. The second-order valence-corrected chi connectivity index (χ2v) is 5.52. The number of nitrogens with one attached hydrogen (secondary N) is 2. The minimum atomic E-state index is -0.243. The number of likely N-dealkylation sites (N-methyl/N-ethyl adjacent to an activating group) is 1. The number of amides is 2. The van der Waals surface area contributed by atoms with E-state index in [1.165, 1.54) is 4.88 Å². The Morgan fingerprint density at radius 2 is 2.20 bits per heavy atom. The lowest BCUT2D eigenvalue weighted by Crippen LogP contribution is -2.36. The quantitative estimate of drug-likeness (QED) is 0.890. The summed E-state index contributed by atoms with van der Waals surface area (Å²) < 4.78 is 0. The molecule has 0 aliphatic rings. The van der Waals surface area contributed by atoms with E-state index in [1.54, 1.807) is 23.6 Å². The summed E-state index contributed by atoms with van der Waals surface area (Å²) in [7, 11) is 4.01. The maximum atomic E-state index is 11.8. The summed E-state index contributed by atoms with van der Waals surface area (Å²) in [4.78, 5) is 19.2. The number of pyridine rings is 1. The normalized spacial score (nSPS) is 12.2. The number of rotatable bonds is 5. The molecular weight excluding hydrogens is 272 g/mol. The van der Waals surface area contributed by atoms with Gasteiger partial charge in [0.25, 0.3) is 0 Å². The summed E-state index contributed by atoms with van der Waals surface area (Å²) in [5, 5.41) is 7.62. The van der Waals surface area contributed by atoms with Crippen molar-refractivity contribution >= 4 is 23.2 Å². The molecule has 0 aromatic carbocycles. The number of thiophene rings is 1. The van der Waals surface area contributed by atoms with Crippen LogP contribution in [0.15, 0.2) is 41.9 Å². The van der Waals surface area contributed by atoms with Crippen LogP contribution in [0.2, 0.25) is 0 Å². The van der Waals surface area contributed by atoms with Gasteiger partial charge in [-0.3, -0.25) is 5.32 Å². The Labute approximate surface area is 122 Å². The number of carbonyl (C=O) groups is 1. The Morgan fingerprint density at radius 3 is 2.80 bits per heavy atom. The Hall–Kier alpha value is -1.92. The minimum absolute atomic E-state index is 0.171. The smallest absolute Gasteiger partial charge is 0.320 e. The van der Waals surface area contributed by atoms with Gasteiger partial charge in [-0.15, -0.1) is 11.3 Å². The number of anilines is 1. The van der Waals surface area contributed by atoms with Crippen molar-refractivity contribution in [1.29, 1.82) is 0 Å². The van der Waals surface area contributed by atoms with Crippen molar-refractivity contribution in [3.63, 3.8) is 0 Å². The molecule has 2 aromatic rings. The van der Waals surface area contributed by atoms with E-state index >= 15 is 0 Å². The van der Waals surface area contributed by atoms with Crippen LogP contribution < -0.4 is 10.6 Å². The van der Waals surface area contributed by atoms with Crippen molar-refractivity contribution in [1.82, 2.24) is 15.2 Å². The van der Waals surface area contributed by atoms with Crippen LogP contribution in [-0.2, 0) is 0 Å². The zero-order valence-corrected chi connectivity index (χ0v) is 12.4. The summed E-state index contributed by atoms with van der Waals surface area (Å²) in [5.74, 6) is 0.544. The van der Waals surface area contributed by atoms with Crippen LogP contribution in [-0.4, -0.2) is 36.6 Å². The molecule has 2 N–H and O–H groups in total. The predicted octanol–water partition coefficient (Wildman–Crippen LogP) is 2.57. The molecule has 0 saturated carbocycles. The average Bonchev–Trinajstić information content (AvgIpc) is 2.93. The summed E-state index contributed by atoms with van der Waals surface area (Å²) in [6.07, 6.45) is 1.64. The molecule has 0 saturated heterocycles. The molecule has 0 aliphatic heterocycles. The topological polar surface area (TPSA) is 57.3 Å². The molecule has 0 aliphatic carbocycles. The van der Waals surface area contributed by atoms with Crippen molar-refractivity contribution in [2.75, 3.05) is 26.0 Å². The van der Waals surface area contributed by atoms with Crippen molar-refractivity contribution < 1.29 is 4.79 Å². The van der Waals surface area contributed by atoms with Gasteiger partial charge in [-0.05, 0) is 37.7 Å². The van der Waals surface area contributed by atoms with E-state index in [2.05, 4.69) is 26.6 Å². The van der Waals surface area contributed by atoms with Crippen molar-refractivity contribution in [3.8, 4) is 0 Å². The Balaban J connectivity index is 1.88. The fourth-order valence-corrected chi connectivity index (χ4v) is 2.73. The third kappa shape index (κ3) is 4.04. The van der Waals surface area contributed by atoms with Crippen molar-refractivity contribution in [2.45, 2.75) is 6.04 Å². The summed E-state index contributed by atoms with van der Waals surface area (Å²) in [6, 6.07) is 9.41. The largest absolute Gasteiger partial charge is 0.336 e. The third-order valence-corrected chi connectivity index (χ3v) is 3.83. The average molecular weight is 290 g/mol. The Morgan fingerprint density at radius 1 is 1.35 bits per heavy atom. The zero-order chi connectivity index (χ0) is 14.4. The van der Waals surface area contributed by atoms with Crippen molar-refractivity contribution in [3.05, 3.63) is 46.8 Å². The molecule has 0 radical (unpaired) electrons. The first-order valence-corrected chi connectivity index (χ1v) is 7.20. The highest BCUT2D eigenvalue weighted by Crippen LogP contribution is 2.22. The summed E-state index contributed by atoms with van der Waals surface area (Å²) in [5.41, 5.74) is 0. The molecule has 6 heteroatoms. The van der Waals surface area contributed by atoms with Crippen molar-refractivity contribution in [2.24, 2.45) is 0 Å². The van der Waals surface area contributed by atoms with E-state index < -0.39 is 0 Å². The first-order valence-electron chi connectivity index (χ1n) is 6.32. The highest BCUT2D eigenvalue weighted by molar-refractivity contribution is 7.10. The standard InChI is InChI=1S/C14H18N4OS/c1-18(2)11(12-6-5-9-20-12)10-16-14(19)17-13-7-3-4-8-15-13/h3-9,11H,10H2,1-2H3,(H2,15,16,17,19)/t11-/m0/s1. The molecule has 5 nitrogen and oxygen atoms in total. The predicted molar refractivity (Wildman–Crippen MR) is 82.0 cm³/mol. The Kier molecular flexibility index (Phi) is 5.09. The lowest BCUT2D eigenvalue weighted by Gasteiger charge is -2.23. The Bertz CT molecular complexity index is 527. The molecule has 2 rings (SSSR count). The van der Waals surface area contributed by atoms with Gasteiger partial charge in [0.1, 0.15) is 5.82 Å². The lowest BCUT2D eigenvalue weighted by molar-refractivity contribution is 0.244. The van der Waals surface area contributed by atoms with E-state index in [9.17, 15) is 4.79 Å². The second-order valence-electron chi connectivity index (χ2n) is 4.54. The van der Waals surface area contributed by atoms with Gasteiger partial charge >= 0.3 is 6.03 Å². The lowest BCUT2D eigenvalue weighted by atomic mass is 10.2. The number of hydrogen-bond donors (Lipinski definition) is 2. The molecule has 0 unspecified atom stereocenters. The first-order chi connectivity index (χ1) is 9.66. The molecule has 1 atom stereocenters. The van der Waals surface area contributed by atoms with Gasteiger partial charge in [0.05, 0.1) is 6.04 Å². The van der Waals surface area contributed by atoms with E-state index in [0.717, 1.165) is 0 Å². The van der Waals surface area contributed by atoms with E-state index in [1.807, 2.05) is 37.7 Å². The molecule has 2 aromatic heterocycles. The van der Waals surface area contributed by atoms with Crippen LogP contribution >= 0.6 is 11.3 Å². The number of urea groups is 1. The zero-order valence-electron chi connectivity index (χ0n) is 11.5. The number of hydrogen-bond acceptors (Lipinski definition) is 4. The maximum absolute atomic E-state index is 11.8. The maximum Gasteiger partial charge on any atom is 0.320 e. The highest BCUT2D eigenvalue weighted by atomic mass is 32.1. The van der Waals surface area contributed by atoms with Gasteiger partial charge in [0, 0.05) is 17.6 Å². The first kappa shape index (κ1) is 14.5. The monoisotopic (exact) mass is 290 g/mol. The summed E-state index contributed by atoms with van der Waals surface area (Å²) in [6.45, 7) is 0.548. The second kappa shape index (κ2) is 7.02. The van der Waals surface area contributed by atoms with Gasteiger partial charge < -0.3 is 10.2 Å².